The van der Waals surface area contributed by atoms with E-state index in [-0.39, 0.29) is 23.0 Å². The molecule has 0 saturated carbocycles. The standard InChI is InChI=1S/C20H26ClN3O3S/c1-14(2)24(5)28(26,27)17-12-10-16(11-13-17)22-20(25)23(4)15(3)18-8-6-7-9-19(18)21/h6-15H,1-5H3,(H,22,25). The number of hydrogen-bond donors (Lipinski definition) is 1. The van der Waals surface area contributed by atoms with Crippen LogP contribution in [-0.4, -0.2) is 43.8 Å². The molecule has 0 fully saturated rings. The SMILES string of the molecule is CC(c1ccccc1Cl)N(C)C(=O)Nc1ccc(S(=O)(=O)N(C)C(C)C)cc1. The molecule has 2 amide bonds. The van der Waals surface area contributed by atoms with Crippen LogP contribution in [0.3, 0.4) is 0 Å². The molecule has 152 valence electrons. The lowest BCUT2D eigenvalue weighted by Gasteiger charge is -2.26. The highest BCUT2D eigenvalue weighted by atomic mass is 35.5. The first-order chi connectivity index (χ1) is 13.1. The first kappa shape index (κ1) is 22.2. The average molecular weight is 424 g/mol. The Kier molecular flexibility index (Phi) is 7.09. The highest BCUT2D eigenvalue weighted by molar-refractivity contribution is 7.89. The molecule has 1 atom stereocenters. The Balaban J connectivity index is 2.11. The van der Waals surface area contributed by atoms with Gasteiger partial charge in [0.1, 0.15) is 0 Å². The summed E-state index contributed by atoms with van der Waals surface area (Å²) in [5.41, 5.74) is 1.36. The van der Waals surface area contributed by atoms with Gasteiger partial charge in [-0.1, -0.05) is 29.8 Å². The van der Waals surface area contributed by atoms with Crippen LogP contribution in [0.1, 0.15) is 32.4 Å². The first-order valence-electron chi connectivity index (χ1n) is 8.92. The molecule has 0 radical (unpaired) electrons. The van der Waals surface area contributed by atoms with E-state index in [9.17, 15) is 13.2 Å². The highest BCUT2D eigenvalue weighted by Gasteiger charge is 2.23. The number of rotatable bonds is 6. The van der Waals surface area contributed by atoms with Crippen LogP contribution in [0, 0.1) is 0 Å². The predicted octanol–water partition coefficient (Wildman–Crippen LogP) is 4.59. The summed E-state index contributed by atoms with van der Waals surface area (Å²) < 4.78 is 26.3. The van der Waals surface area contributed by atoms with Gasteiger partial charge in [-0.25, -0.2) is 13.2 Å². The predicted molar refractivity (Wildman–Crippen MR) is 113 cm³/mol. The summed E-state index contributed by atoms with van der Waals surface area (Å²) in [6.45, 7) is 5.50. The minimum Gasteiger partial charge on any atom is -0.321 e. The number of hydrogen-bond acceptors (Lipinski definition) is 3. The summed E-state index contributed by atoms with van der Waals surface area (Å²) >= 11 is 6.22. The van der Waals surface area contributed by atoms with Gasteiger partial charge in [-0.15, -0.1) is 0 Å². The maximum absolute atomic E-state index is 12.6. The van der Waals surface area contributed by atoms with E-state index in [2.05, 4.69) is 5.32 Å². The molecule has 0 heterocycles. The molecule has 0 bridgehead atoms. The molecule has 1 N–H and O–H groups in total. The Morgan fingerprint density at radius 1 is 1.00 bits per heavy atom. The number of carbonyl (C=O) groups excluding carboxylic acids is 1. The van der Waals surface area contributed by atoms with Gasteiger partial charge in [-0.05, 0) is 56.7 Å². The number of nitrogens with one attached hydrogen (secondary N) is 1. The number of carbonyl (C=O) groups is 1. The molecule has 28 heavy (non-hydrogen) atoms. The summed E-state index contributed by atoms with van der Waals surface area (Å²) in [4.78, 5) is 14.3. The van der Waals surface area contributed by atoms with E-state index in [0.29, 0.717) is 10.7 Å². The van der Waals surface area contributed by atoms with Crippen molar-refractivity contribution in [2.24, 2.45) is 0 Å². The highest BCUT2D eigenvalue weighted by Crippen LogP contribution is 2.27. The fourth-order valence-corrected chi connectivity index (χ4v) is 4.23. The number of amides is 2. The van der Waals surface area contributed by atoms with Gasteiger partial charge in [0, 0.05) is 30.8 Å². The van der Waals surface area contributed by atoms with Crippen molar-refractivity contribution in [1.82, 2.24) is 9.21 Å². The molecule has 6 nitrogen and oxygen atoms in total. The number of anilines is 1. The quantitative estimate of drug-likeness (QED) is 0.738. The van der Waals surface area contributed by atoms with Crippen LogP contribution in [0.15, 0.2) is 53.4 Å². The largest absolute Gasteiger partial charge is 0.322 e. The molecule has 0 aliphatic carbocycles. The second kappa shape index (κ2) is 8.94. The van der Waals surface area contributed by atoms with E-state index in [1.165, 1.54) is 16.4 Å². The molecule has 0 aliphatic heterocycles. The minimum absolute atomic E-state index is 0.149. The van der Waals surface area contributed by atoms with Gasteiger partial charge in [-0.2, -0.15) is 4.31 Å². The Morgan fingerprint density at radius 3 is 2.11 bits per heavy atom. The number of halogens is 1. The summed E-state index contributed by atoms with van der Waals surface area (Å²) in [6, 6.07) is 12.8. The number of nitrogens with zero attached hydrogens (tertiary/aromatic N) is 2. The Morgan fingerprint density at radius 2 is 1.57 bits per heavy atom. The van der Waals surface area contributed by atoms with Crippen LogP contribution in [0.2, 0.25) is 5.02 Å². The number of urea groups is 1. The van der Waals surface area contributed by atoms with E-state index in [4.69, 9.17) is 11.6 Å². The molecule has 0 aliphatic rings. The zero-order valence-corrected chi connectivity index (χ0v) is 18.3. The lowest BCUT2D eigenvalue weighted by molar-refractivity contribution is 0.208. The van der Waals surface area contributed by atoms with Crippen molar-refractivity contribution >= 4 is 33.3 Å². The zero-order valence-electron chi connectivity index (χ0n) is 16.7. The first-order valence-corrected chi connectivity index (χ1v) is 10.7. The van der Waals surface area contributed by atoms with Crippen LogP contribution in [0.25, 0.3) is 0 Å². The summed E-state index contributed by atoms with van der Waals surface area (Å²) in [6.07, 6.45) is 0. The fraction of sp³-hybridized carbons (Fsp3) is 0.350. The summed E-state index contributed by atoms with van der Waals surface area (Å²) in [7, 11) is -0.336. The summed E-state index contributed by atoms with van der Waals surface area (Å²) in [5.74, 6) is 0. The summed E-state index contributed by atoms with van der Waals surface area (Å²) in [5, 5.41) is 3.37. The van der Waals surface area contributed by atoms with E-state index < -0.39 is 10.0 Å². The number of benzene rings is 2. The van der Waals surface area contributed by atoms with E-state index in [1.54, 1.807) is 37.2 Å². The van der Waals surface area contributed by atoms with E-state index >= 15 is 0 Å². The normalized spacial score (nSPS) is 12.9. The lowest BCUT2D eigenvalue weighted by atomic mass is 10.1. The molecule has 0 aromatic heterocycles. The van der Waals surface area contributed by atoms with Crippen LogP contribution < -0.4 is 5.32 Å². The molecule has 0 saturated heterocycles. The van der Waals surface area contributed by atoms with Gasteiger partial charge in [0.15, 0.2) is 0 Å². The van der Waals surface area contributed by atoms with Crippen molar-refractivity contribution in [3.8, 4) is 0 Å². The number of sulfonamides is 1. The molecule has 2 aromatic rings. The molecule has 8 heteroatoms. The van der Waals surface area contributed by atoms with Gasteiger partial charge in [0.05, 0.1) is 10.9 Å². The molecule has 2 rings (SSSR count). The second-order valence-electron chi connectivity index (χ2n) is 6.88. The molecule has 0 spiro atoms. The zero-order chi connectivity index (χ0) is 21.1. The maximum Gasteiger partial charge on any atom is 0.322 e. The topological polar surface area (TPSA) is 69.7 Å². The van der Waals surface area contributed by atoms with Gasteiger partial charge >= 0.3 is 6.03 Å². The molecule has 2 aromatic carbocycles. The van der Waals surface area contributed by atoms with Crippen molar-refractivity contribution in [2.45, 2.75) is 37.8 Å². The third-order valence-corrected chi connectivity index (χ3v) is 7.16. The van der Waals surface area contributed by atoms with Gasteiger partial charge < -0.3 is 10.2 Å². The smallest absolute Gasteiger partial charge is 0.321 e. The Bertz CT molecular complexity index is 930. The van der Waals surface area contributed by atoms with Crippen molar-refractivity contribution < 1.29 is 13.2 Å². The van der Waals surface area contributed by atoms with Crippen LogP contribution in [0.5, 0.6) is 0 Å². The third-order valence-electron chi connectivity index (χ3n) is 4.77. The maximum atomic E-state index is 12.6. The van der Waals surface area contributed by atoms with Crippen LogP contribution in [-0.2, 0) is 10.0 Å². The average Bonchev–Trinajstić information content (AvgIpc) is 2.66. The third kappa shape index (κ3) is 4.84. The van der Waals surface area contributed by atoms with Crippen LogP contribution >= 0.6 is 11.6 Å². The minimum atomic E-state index is -3.56. The van der Waals surface area contributed by atoms with Crippen molar-refractivity contribution in [2.75, 3.05) is 19.4 Å². The van der Waals surface area contributed by atoms with Gasteiger partial charge in [0.2, 0.25) is 10.0 Å². The Labute approximate surface area is 172 Å². The van der Waals surface area contributed by atoms with Crippen molar-refractivity contribution in [3.05, 3.63) is 59.1 Å². The molecular formula is C20H26ClN3O3S. The van der Waals surface area contributed by atoms with Gasteiger partial charge in [0.25, 0.3) is 0 Å². The monoisotopic (exact) mass is 423 g/mol. The van der Waals surface area contributed by atoms with Gasteiger partial charge in [-0.3, -0.25) is 0 Å². The van der Waals surface area contributed by atoms with Crippen molar-refractivity contribution in [1.29, 1.82) is 0 Å². The molecule has 1 unspecified atom stereocenters. The van der Waals surface area contributed by atoms with Crippen molar-refractivity contribution in [3.63, 3.8) is 0 Å². The molecular weight excluding hydrogens is 398 g/mol. The van der Waals surface area contributed by atoms with E-state index in [1.807, 2.05) is 39.0 Å². The Hall–Kier alpha value is -2.09. The van der Waals surface area contributed by atoms with Crippen LogP contribution in [0.4, 0.5) is 10.5 Å². The lowest BCUT2D eigenvalue weighted by Crippen LogP contribution is -2.34. The fourth-order valence-electron chi connectivity index (χ4n) is 2.56. The second-order valence-corrected chi connectivity index (χ2v) is 9.28. The van der Waals surface area contributed by atoms with E-state index in [0.717, 1.165) is 5.56 Å².